The number of carbonyl (C=O) groups excluding carboxylic acids is 2. The van der Waals surface area contributed by atoms with Crippen LogP contribution in [0.15, 0.2) is 0 Å². The topological polar surface area (TPSA) is 58.2 Å². The minimum absolute atomic E-state index is 0.0361. The maximum atomic E-state index is 11.2. The highest BCUT2D eigenvalue weighted by atomic mass is 35.5. The van der Waals surface area contributed by atoms with E-state index < -0.39 is 5.38 Å². The molecule has 0 saturated heterocycles. The molecule has 0 fully saturated rings. The summed E-state index contributed by atoms with van der Waals surface area (Å²) in [6, 6.07) is 0. The Kier molecular flexibility index (Phi) is 8.09. The average Bonchev–Trinajstić information content (AvgIpc) is 2.18. The Morgan fingerprint density at radius 2 is 1.93 bits per heavy atom. The van der Waals surface area contributed by atoms with Gasteiger partial charge in [-0.3, -0.25) is 9.59 Å². The predicted molar refractivity (Wildman–Crippen MR) is 60.9 cm³/mol. The van der Waals surface area contributed by atoms with E-state index in [4.69, 9.17) is 11.6 Å². The number of halogens is 1. The van der Waals surface area contributed by atoms with E-state index in [0.29, 0.717) is 19.5 Å². The molecule has 1 unspecified atom stereocenters. The zero-order chi connectivity index (χ0) is 11.7. The van der Waals surface area contributed by atoms with Crippen LogP contribution in [0, 0.1) is 0 Å². The molecule has 0 heterocycles. The lowest BCUT2D eigenvalue weighted by atomic mass is 10.3. The van der Waals surface area contributed by atoms with Gasteiger partial charge in [-0.05, 0) is 13.3 Å². The highest BCUT2D eigenvalue weighted by Gasteiger charge is 2.08. The number of rotatable bonds is 7. The van der Waals surface area contributed by atoms with Gasteiger partial charge in [-0.2, -0.15) is 0 Å². The second-order valence-corrected chi connectivity index (χ2v) is 4.02. The van der Waals surface area contributed by atoms with Gasteiger partial charge in [0.15, 0.2) is 0 Å². The van der Waals surface area contributed by atoms with Gasteiger partial charge in [-0.1, -0.05) is 13.3 Å². The fraction of sp³-hybridized carbons (Fsp3) is 0.800. The van der Waals surface area contributed by atoms with Gasteiger partial charge in [0, 0.05) is 19.5 Å². The van der Waals surface area contributed by atoms with E-state index in [9.17, 15) is 9.59 Å². The van der Waals surface area contributed by atoms with Crippen LogP contribution in [-0.4, -0.2) is 30.3 Å². The van der Waals surface area contributed by atoms with Crippen molar-refractivity contribution in [2.45, 2.75) is 38.5 Å². The molecule has 0 aliphatic carbocycles. The van der Waals surface area contributed by atoms with Crippen molar-refractivity contribution in [2.24, 2.45) is 0 Å². The van der Waals surface area contributed by atoms with Gasteiger partial charge < -0.3 is 10.6 Å². The second kappa shape index (κ2) is 8.53. The van der Waals surface area contributed by atoms with E-state index in [0.717, 1.165) is 12.8 Å². The van der Waals surface area contributed by atoms with Crippen molar-refractivity contribution in [3.05, 3.63) is 0 Å². The summed E-state index contributed by atoms with van der Waals surface area (Å²) in [7, 11) is 0. The lowest BCUT2D eigenvalue weighted by Gasteiger charge is -2.06. The molecule has 1 atom stereocenters. The lowest BCUT2D eigenvalue weighted by Crippen LogP contribution is -2.34. The Morgan fingerprint density at radius 3 is 2.47 bits per heavy atom. The van der Waals surface area contributed by atoms with Crippen LogP contribution in [0.1, 0.15) is 33.1 Å². The number of alkyl halides is 1. The van der Waals surface area contributed by atoms with Crippen LogP contribution < -0.4 is 10.6 Å². The van der Waals surface area contributed by atoms with E-state index in [1.54, 1.807) is 6.92 Å². The maximum Gasteiger partial charge on any atom is 0.237 e. The molecule has 5 heteroatoms. The summed E-state index contributed by atoms with van der Waals surface area (Å²) >= 11 is 5.53. The third-order valence-electron chi connectivity index (χ3n) is 1.87. The molecule has 0 aliphatic rings. The summed E-state index contributed by atoms with van der Waals surface area (Å²) in [5, 5.41) is 4.79. The van der Waals surface area contributed by atoms with Crippen LogP contribution in [0.4, 0.5) is 0 Å². The standard InChI is InChI=1S/C10H19ClN2O2/c1-3-4-6-12-9(14)5-7-13-10(15)8(2)11/h8H,3-7H2,1-2H3,(H,12,14)(H,13,15). The molecule has 88 valence electrons. The number of hydrogen-bond acceptors (Lipinski definition) is 2. The van der Waals surface area contributed by atoms with E-state index in [-0.39, 0.29) is 11.8 Å². The Hall–Kier alpha value is -0.770. The van der Waals surface area contributed by atoms with Crippen molar-refractivity contribution in [2.75, 3.05) is 13.1 Å². The summed E-state index contributed by atoms with van der Waals surface area (Å²) in [6.07, 6.45) is 2.34. The molecule has 0 aromatic heterocycles. The summed E-state index contributed by atoms with van der Waals surface area (Å²) in [5.74, 6) is -0.274. The van der Waals surface area contributed by atoms with Gasteiger partial charge in [-0.15, -0.1) is 11.6 Å². The van der Waals surface area contributed by atoms with Gasteiger partial charge in [0.2, 0.25) is 11.8 Å². The second-order valence-electron chi connectivity index (χ2n) is 3.36. The van der Waals surface area contributed by atoms with E-state index >= 15 is 0 Å². The largest absolute Gasteiger partial charge is 0.356 e. The minimum atomic E-state index is -0.548. The Morgan fingerprint density at radius 1 is 1.27 bits per heavy atom. The number of amides is 2. The SMILES string of the molecule is CCCCNC(=O)CCNC(=O)C(C)Cl. The normalized spacial score (nSPS) is 11.9. The van der Waals surface area contributed by atoms with E-state index in [1.165, 1.54) is 0 Å². The Balaban J connectivity index is 3.42. The maximum absolute atomic E-state index is 11.2. The Bertz CT molecular complexity index is 208. The van der Waals surface area contributed by atoms with Crippen molar-refractivity contribution in [3.8, 4) is 0 Å². The van der Waals surface area contributed by atoms with Gasteiger partial charge in [0.1, 0.15) is 5.38 Å². The van der Waals surface area contributed by atoms with Gasteiger partial charge >= 0.3 is 0 Å². The monoisotopic (exact) mass is 234 g/mol. The molecule has 15 heavy (non-hydrogen) atoms. The number of carbonyl (C=O) groups is 2. The molecule has 0 bridgehead atoms. The number of nitrogens with one attached hydrogen (secondary N) is 2. The third-order valence-corrected chi connectivity index (χ3v) is 2.06. The molecule has 0 radical (unpaired) electrons. The van der Waals surface area contributed by atoms with Gasteiger partial charge in [0.25, 0.3) is 0 Å². The van der Waals surface area contributed by atoms with E-state index in [2.05, 4.69) is 17.6 Å². The first kappa shape index (κ1) is 14.2. The molecular weight excluding hydrogens is 216 g/mol. The Labute approximate surface area is 95.7 Å². The van der Waals surface area contributed by atoms with Gasteiger partial charge in [0.05, 0.1) is 0 Å². The molecule has 4 nitrogen and oxygen atoms in total. The zero-order valence-electron chi connectivity index (χ0n) is 9.31. The van der Waals surface area contributed by atoms with Crippen LogP contribution in [0.3, 0.4) is 0 Å². The first-order valence-corrected chi connectivity index (χ1v) is 5.70. The van der Waals surface area contributed by atoms with Crippen molar-refractivity contribution in [3.63, 3.8) is 0 Å². The molecule has 0 spiro atoms. The smallest absolute Gasteiger partial charge is 0.237 e. The fourth-order valence-electron chi connectivity index (χ4n) is 0.933. The minimum Gasteiger partial charge on any atom is -0.356 e. The molecule has 0 rings (SSSR count). The van der Waals surface area contributed by atoms with Crippen LogP contribution >= 0.6 is 11.6 Å². The van der Waals surface area contributed by atoms with Crippen LogP contribution in [0.25, 0.3) is 0 Å². The lowest BCUT2D eigenvalue weighted by molar-refractivity contribution is -0.122. The molecule has 0 saturated carbocycles. The summed E-state index contributed by atoms with van der Waals surface area (Å²) < 4.78 is 0. The quantitative estimate of drug-likeness (QED) is 0.511. The third kappa shape index (κ3) is 8.24. The first-order chi connectivity index (χ1) is 7.07. The molecule has 0 aliphatic heterocycles. The van der Waals surface area contributed by atoms with Crippen molar-refractivity contribution < 1.29 is 9.59 Å². The van der Waals surface area contributed by atoms with Crippen molar-refractivity contribution in [1.29, 1.82) is 0 Å². The van der Waals surface area contributed by atoms with Crippen molar-refractivity contribution in [1.82, 2.24) is 10.6 Å². The molecule has 2 N–H and O–H groups in total. The first-order valence-electron chi connectivity index (χ1n) is 5.26. The summed E-state index contributed by atoms with van der Waals surface area (Å²) in [6.45, 7) is 4.70. The van der Waals surface area contributed by atoms with E-state index in [1.807, 2.05) is 0 Å². The highest BCUT2D eigenvalue weighted by molar-refractivity contribution is 6.30. The zero-order valence-corrected chi connectivity index (χ0v) is 10.1. The number of unbranched alkanes of at least 4 members (excludes halogenated alkanes) is 1. The fourth-order valence-corrected chi connectivity index (χ4v) is 1.01. The van der Waals surface area contributed by atoms with Crippen LogP contribution in [0.2, 0.25) is 0 Å². The van der Waals surface area contributed by atoms with Crippen LogP contribution in [-0.2, 0) is 9.59 Å². The average molecular weight is 235 g/mol. The molecular formula is C10H19ClN2O2. The molecule has 2 amide bonds. The van der Waals surface area contributed by atoms with Crippen LogP contribution in [0.5, 0.6) is 0 Å². The molecule has 0 aromatic carbocycles. The number of hydrogen-bond donors (Lipinski definition) is 2. The highest BCUT2D eigenvalue weighted by Crippen LogP contribution is 1.92. The molecule has 0 aromatic rings. The van der Waals surface area contributed by atoms with Crippen molar-refractivity contribution >= 4 is 23.4 Å². The summed E-state index contributed by atoms with van der Waals surface area (Å²) in [4.78, 5) is 22.2. The summed E-state index contributed by atoms with van der Waals surface area (Å²) in [5.41, 5.74) is 0. The predicted octanol–water partition coefficient (Wildman–Crippen LogP) is 1.04. The van der Waals surface area contributed by atoms with Gasteiger partial charge in [-0.25, -0.2) is 0 Å².